The minimum Gasteiger partial charge on any atom is -0.480 e. The van der Waals surface area contributed by atoms with Crippen LogP contribution in [0, 0.1) is 0 Å². The standard InChI is InChI=1S/C25H32N4O6/c1-15(25(34)35)27-24(33)21(16(2)30)29-23(32)20(14-18-11-7-4-8-12-18)28-22(31)19(26)13-17-9-5-3-6-10-17/h3-12,15-16,19-21,30H,13-14,26H2,1-2H3,(H,27,33)(H,28,31)(H,29,32)(H,34,35). The van der Waals surface area contributed by atoms with Crippen LogP contribution in [0.1, 0.15) is 25.0 Å². The summed E-state index contributed by atoms with van der Waals surface area (Å²) >= 11 is 0. The highest BCUT2D eigenvalue weighted by molar-refractivity contribution is 5.94. The lowest BCUT2D eigenvalue weighted by Gasteiger charge is -2.26. The predicted octanol–water partition coefficient (Wildman–Crippen LogP) is -0.261. The summed E-state index contributed by atoms with van der Waals surface area (Å²) in [5.41, 5.74) is 7.68. The molecule has 0 aromatic heterocycles. The van der Waals surface area contributed by atoms with Crippen molar-refractivity contribution in [3.05, 3.63) is 71.8 Å². The van der Waals surface area contributed by atoms with Crippen LogP contribution in [0.2, 0.25) is 0 Å². The third-order valence-electron chi connectivity index (χ3n) is 5.34. The van der Waals surface area contributed by atoms with E-state index in [1.165, 1.54) is 13.8 Å². The Labute approximate surface area is 203 Å². The van der Waals surface area contributed by atoms with E-state index in [1.54, 1.807) is 24.3 Å². The van der Waals surface area contributed by atoms with Gasteiger partial charge in [-0.25, -0.2) is 0 Å². The third-order valence-corrected chi connectivity index (χ3v) is 5.34. The number of aliphatic hydroxyl groups excluding tert-OH is 1. The normalized spacial score (nSPS) is 15.1. The number of hydrogen-bond acceptors (Lipinski definition) is 6. The Morgan fingerprint density at radius 2 is 1.29 bits per heavy atom. The lowest BCUT2D eigenvalue weighted by Crippen LogP contribution is -2.60. The number of amides is 3. The van der Waals surface area contributed by atoms with Gasteiger partial charge in [0, 0.05) is 6.42 Å². The fraction of sp³-hybridized carbons (Fsp3) is 0.360. The van der Waals surface area contributed by atoms with Crippen LogP contribution in [-0.2, 0) is 32.0 Å². The maximum atomic E-state index is 13.1. The molecular weight excluding hydrogens is 452 g/mol. The average molecular weight is 485 g/mol. The van der Waals surface area contributed by atoms with Crippen molar-refractivity contribution >= 4 is 23.7 Å². The van der Waals surface area contributed by atoms with E-state index in [0.717, 1.165) is 11.1 Å². The summed E-state index contributed by atoms with van der Waals surface area (Å²) in [6, 6.07) is 13.5. The first-order valence-corrected chi connectivity index (χ1v) is 11.2. The van der Waals surface area contributed by atoms with Gasteiger partial charge in [0.25, 0.3) is 0 Å². The zero-order valence-electron chi connectivity index (χ0n) is 19.7. The zero-order valence-corrected chi connectivity index (χ0v) is 19.7. The Morgan fingerprint density at radius 1 is 0.771 bits per heavy atom. The Kier molecular flexibility index (Phi) is 10.4. The molecular formula is C25H32N4O6. The Balaban J connectivity index is 2.16. The second-order valence-corrected chi connectivity index (χ2v) is 8.34. The van der Waals surface area contributed by atoms with Gasteiger partial charge >= 0.3 is 5.97 Å². The van der Waals surface area contributed by atoms with Gasteiger partial charge in [0.2, 0.25) is 17.7 Å². The van der Waals surface area contributed by atoms with Crippen LogP contribution in [0.4, 0.5) is 0 Å². The number of rotatable bonds is 12. The Morgan fingerprint density at radius 3 is 1.77 bits per heavy atom. The number of carboxylic acid groups (broad SMARTS) is 1. The number of hydrogen-bond donors (Lipinski definition) is 6. The minimum absolute atomic E-state index is 0.107. The van der Waals surface area contributed by atoms with Gasteiger partial charge in [-0.05, 0) is 31.4 Å². The van der Waals surface area contributed by atoms with Crippen LogP contribution in [-0.4, -0.2) is 64.2 Å². The predicted molar refractivity (Wildman–Crippen MR) is 129 cm³/mol. The molecule has 2 rings (SSSR count). The highest BCUT2D eigenvalue weighted by Crippen LogP contribution is 2.07. The van der Waals surface area contributed by atoms with Gasteiger partial charge in [0.05, 0.1) is 12.1 Å². The summed E-state index contributed by atoms with van der Waals surface area (Å²) in [4.78, 5) is 49.5. The maximum absolute atomic E-state index is 13.1. The molecule has 0 aliphatic rings. The quantitative estimate of drug-likeness (QED) is 0.241. The van der Waals surface area contributed by atoms with E-state index >= 15 is 0 Å². The van der Waals surface area contributed by atoms with E-state index in [0.29, 0.717) is 0 Å². The second-order valence-electron chi connectivity index (χ2n) is 8.34. The molecule has 0 aliphatic carbocycles. The molecule has 10 nitrogen and oxygen atoms in total. The maximum Gasteiger partial charge on any atom is 0.325 e. The highest BCUT2D eigenvalue weighted by atomic mass is 16.4. The Bertz CT molecular complexity index is 1000. The van der Waals surface area contributed by atoms with Crippen LogP contribution >= 0.6 is 0 Å². The number of aliphatic hydroxyl groups is 1. The van der Waals surface area contributed by atoms with Gasteiger partial charge in [-0.1, -0.05) is 60.7 Å². The number of carbonyl (C=O) groups is 4. The lowest BCUT2D eigenvalue weighted by atomic mass is 10.0. The summed E-state index contributed by atoms with van der Waals surface area (Å²) in [6.45, 7) is 2.55. The molecule has 2 aromatic carbocycles. The number of nitrogens with two attached hydrogens (primary N) is 1. The van der Waals surface area contributed by atoms with E-state index < -0.39 is 54.0 Å². The second kappa shape index (κ2) is 13.2. The smallest absolute Gasteiger partial charge is 0.325 e. The van der Waals surface area contributed by atoms with Gasteiger partial charge in [-0.3, -0.25) is 19.2 Å². The Hall–Kier alpha value is -3.76. The summed E-state index contributed by atoms with van der Waals surface area (Å²) in [6.07, 6.45) is -0.956. The molecule has 0 bridgehead atoms. The van der Waals surface area contributed by atoms with Gasteiger partial charge in [-0.2, -0.15) is 0 Å². The summed E-state index contributed by atoms with van der Waals surface area (Å²) < 4.78 is 0. The summed E-state index contributed by atoms with van der Waals surface area (Å²) in [5, 5.41) is 26.4. The van der Waals surface area contributed by atoms with Gasteiger partial charge < -0.3 is 31.9 Å². The minimum atomic E-state index is -1.43. The van der Waals surface area contributed by atoms with Gasteiger partial charge in [0.1, 0.15) is 18.1 Å². The first-order valence-electron chi connectivity index (χ1n) is 11.2. The molecule has 5 unspecified atom stereocenters. The lowest BCUT2D eigenvalue weighted by molar-refractivity contribution is -0.142. The van der Waals surface area contributed by atoms with E-state index in [4.69, 9.17) is 10.8 Å². The van der Waals surface area contributed by atoms with Gasteiger partial charge in [-0.15, -0.1) is 0 Å². The topological polar surface area (TPSA) is 171 Å². The number of carboxylic acids is 1. The van der Waals surface area contributed by atoms with Crippen LogP contribution in [0.3, 0.4) is 0 Å². The molecule has 35 heavy (non-hydrogen) atoms. The van der Waals surface area contributed by atoms with Crippen molar-refractivity contribution in [2.75, 3.05) is 0 Å². The van der Waals surface area contributed by atoms with Crippen LogP contribution in [0.5, 0.6) is 0 Å². The largest absolute Gasteiger partial charge is 0.480 e. The van der Waals surface area contributed by atoms with Crippen LogP contribution in [0.25, 0.3) is 0 Å². The van der Waals surface area contributed by atoms with Crippen molar-refractivity contribution in [2.45, 2.75) is 57.0 Å². The highest BCUT2D eigenvalue weighted by Gasteiger charge is 2.32. The van der Waals surface area contributed by atoms with Crippen molar-refractivity contribution in [3.8, 4) is 0 Å². The number of nitrogens with one attached hydrogen (secondary N) is 3. The fourth-order valence-corrected chi connectivity index (χ4v) is 3.32. The van der Waals surface area contributed by atoms with E-state index in [2.05, 4.69) is 16.0 Å². The number of aliphatic carboxylic acids is 1. The molecule has 5 atom stereocenters. The first-order chi connectivity index (χ1) is 16.6. The van der Waals surface area contributed by atoms with E-state index in [-0.39, 0.29) is 12.8 Å². The molecule has 0 saturated heterocycles. The molecule has 0 aliphatic heterocycles. The molecule has 0 fully saturated rings. The SMILES string of the molecule is CC(NC(=O)C(NC(=O)C(Cc1ccccc1)NC(=O)C(N)Cc1ccccc1)C(C)O)C(=O)O. The molecule has 0 saturated carbocycles. The third kappa shape index (κ3) is 8.84. The zero-order chi connectivity index (χ0) is 26.0. The van der Waals surface area contributed by atoms with Crippen molar-refractivity contribution in [1.29, 1.82) is 0 Å². The average Bonchev–Trinajstić information content (AvgIpc) is 2.82. The molecule has 188 valence electrons. The first kappa shape index (κ1) is 27.5. The fourth-order valence-electron chi connectivity index (χ4n) is 3.32. The molecule has 10 heteroatoms. The monoisotopic (exact) mass is 484 g/mol. The summed E-state index contributed by atoms with van der Waals surface area (Å²) in [7, 11) is 0. The van der Waals surface area contributed by atoms with Crippen molar-refractivity contribution < 1.29 is 29.4 Å². The van der Waals surface area contributed by atoms with Crippen LogP contribution in [0.15, 0.2) is 60.7 Å². The number of benzene rings is 2. The molecule has 0 heterocycles. The molecule has 0 spiro atoms. The molecule has 7 N–H and O–H groups in total. The number of carbonyl (C=O) groups excluding carboxylic acids is 3. The molecule has 0 radical (unpaired) electrons. The van der Waals surface area contributed by atoms with Crippen LogP contribution < -0.4 is 21.7 Å². The molecule has 2 aromatic rings. The van der Waals surface area contributed by atoms with Crippen molar-refractivity contribution in [3.63, 3.8) is 0 Å². The van der Waals surface area contributed by atoms with Crippen molar-refractivity contribution in [2.24, 2.45) is 5.73 Å². The summed E-state index contributed by atoms with van der Waals surface area (Å²) in [5.74, 6) is -3.41. The van der Waals surface area contributed by atoms with E-state index in [9.17, 15) is 24.3 Å². The van der Waals surface area contributed by atoms with Gasteiger partial charge in [0.15, 0.2) is 0 Å². The van der Waals surface area contributed by atoms with E-state index in [1.807, 2.05) is 36.4 Å². The molecule has 3 amide bonds. The van der Waals surface area contributed by atoms with Crippen molar-refractivity contribution in [1.82, 2.24) is 16.0 Å².